The van der Waals surface area contributed by atoms with Gasteiger partial charge in [-0.25, -0.2) is 14.5 Å². The molecule has 0 radical (unpaired) electrons. The van der Waals surface area contributed by atoms with Crippen LogP contribution in [0.25, 0.3) is 11.5 Å². The molecule has 0 unspecified atom stereocenters. The van der Waals surface area contributed by atoms with Crippen LogP contribution in [-0.2, 0) is 15.6 Å². The number of nitrogens with one attached hydrogen (secondary N) is 1. The molecule has 5 rings (SSSR count). The number of halogens is 2. The van der Waals surface area contributed by atoms with Gasteiger partial charge in [-0.3, -0.25) is 4.79 Å². The standard InChI is InChI=1S/C20H18Cl2N8O/c1-19(2)10-20(3,12-9-23-15-7-14(22)28-29(15)16(12)19)18(31)27-11-6-13(21)17(24-8-11)30-25-4-5-26-30/h4-9H,10H2,1-3H3,(H,27,31)/t20-/m0/s1. The summed E-state index contributed by atoms with van der Waals surface area (Å²) in [5, 5.41) is 16.1. The van der Waals surface area contributed by atoms with Crippen molar-refractivity contribution >= 4 is 40.4 Å². The summed E-state index contributed by atoms with van der Waals surface area (Å²) in [6.07, 6.45) is 6.92. The predicted octanol–water partition coefficient (Wildman–Crippen LogP) is 3.59. The summed E-state index contributed by atoms with van der Waals surface area (Å²) < 4.78 is 1.74. The fourth-order valence-electron chi connectivity index (χ4n) is 4.47. The molecule has 0 saturated heterocycles. The lowest BCUT2D eigenvalue weighted by atomic mass is 9.79. The molecule has 0 spiro atoms. The number of rotatable bonds is 3. The van der Waals surface area contributed by atoms with E-state index in [0.717, 1.165) is 11.3 Å². The Labute approximate surface area is 187 Å². The van der Waals surface area contributed by atoms with E-state index in [-0.39, 0.29) is 11.3 Å². The van der Waals surface area contributed by atoms with E-state index in [0.29, 0.717) is 33.7 Å². The quantitative estimate of drug-likeness (QED) is 0.505. The molecule has 1 amide bonds. The molecular weight excluding hydrogens is 439 g/mol. The number of carbonyl (C=O) groups is 1. The van der Waals surface area contributed by atoms with Gasteiger partial charge in [0, 0.05) is 23.2 Å². The number of fused-ring (bicyclic) bond motifs is 3. The number of pyridine rings is 1. The van der Waals surface area contributed by atoms with Gasteiger partial charge in [-0.2, -0.15) is 15.3 Å². The maximum absolute atomic E-state index is 13.5. The van der Waals surface area contributed by atoms with Crippen molar-refractivity contribution in [3.8, 4) is 5.82 Å². The van der Waals surface area contributed by atoms with Crippen molar-refractivity contribution in [2.45, 2.75) is 38.0 Å². The van der Waals surface area contributed by atoms with E-state index >= 15 is 0 Å². The summed E-state index contributed by atoms with van der Waals surface area (Å²) in [6, 6.07) is 3.33. The predicted molar refractivity (Wildman–Crippen MR) is 116 cm³/mol. The second-order valence-corrected chi connectivity index (χ2v) is 9.25. The van der Waals surface area contributed by atoms with Crippen molar-refractivity contribution < 1.29 is 4.79 Å². The van der Waals surface area contributed by atoms with E-state index in [9.17, 15) is 4.79 Å². The average molecular weight is 457 g/mol. The van der Waals surface area contributed by atoms with Gasteiger partial charge in [0.05, 0.1) is 40.4 Å². The normalized spacial score (nSPS) is 19.5. The highest BCUT2D eigenvalue weighted by Crippen LogP contribution is 2.49. The lowest BCUT2D eigenvalue weighted by molar-refractivity contribution is -0.121. The summed E-state index contributed by atoms with van der Waals surface area (Å²) in [6.45, 7) is 6.08. The SMILES string of the molecule is CC1(C)C[C@](C)(C(=O)Nc2cnc(-n3nccn3)c(Cl)c2)c2cnc3cc(Cl)nn3c21. The lowest BCUT2D eigenvalue weighted by Gasteiger charge is -2.26. The fourth-order valence-corrected chi connectivity index (χ4v) is 4.88. The van der Waals surface area contributed by atoms with Crippen LogP contribution in [0.2, 0.25) is 10.2 Å². The van der Waals surface area contributed by atoms with E-state index in [1.807, 2.05) is 6.92 Å². The van der Waals surface area contributed by atoms with Crippen LogP contribution in [-0.4, -0.2) is 40.5 Å². The summed E-state index contributed by atoms with van der Waals surface area (Å²) in [5.41, 5.74) is 1.74. The van der Waals surface area contributed by atoms with E-state index < -0.39 is 5.41 Å². The van der Waals surface area contributed by atoms with Crippen LogP contribution in [0, 0.1) is 0 Å². The third-order valence-electron chi connectivity index (χ3n) is 5.67. The maximum Gasteiger partial charge on any atom is 0.234 e. The van der Waals surface area contributed by atoms with Crippen molar-refractivity contribution in [3.63, 3.8) is 0 Å². The number of hydrogen-bond donors (Lipinski definition) is 1. The Morgan fingerprint density at radius 1 is 1.10 bits per heavy atom. The second-order valence-electron chi connectivity index (χ2n) is 8.45. The van der Waals surface area contributed by atoms with E-state index in [1.54, 1.807) is 22.8 Å². The molecule has 0 fully saturated rings. The first kappa shape index (κ1) is 19.9. The van der Waals surface area contributed by atoms with Crippen molar-refractivity contribution in [1.82, 2.24) is 34.6 Å². The van der Waals surface area contributed by atoms with Crippen molar-refractivity contribution in [2.24, 2.45) is 0 Å². The summed E-state index contributed by atoms with van der Waals surface area (Å²) in [4.78, 5) is 23.5. The zero-order chi connectivity index (χ0) is 22.0. The zero-order valence-corrected chi connectivity index (χ0v) is 18.5. The monoisotopic (exact) mass is 456 g/mol. The molecule has 0 aromatic carbocycles. The van der Waals surface area contributed by atoms with Gasteiger partial charge >= 0.3 is 0 Å². The van der Waals surface area contributed by atoms with Crippen LogP contribution >= 0.6 is 23.2 Å². The molecule has 31 heavy (non-hydrogen) atoms. The molecule has 1 atom stereocenters. The highest BCUT2D eigenvalue weighted by Gasteiger charge is 2.51. The fraction of sp³-hybridized carbons (Fsp3) is 0.300. The van der Waals surface area contributed by atoms with Crippen molar-refractivity contribution in [1.29, 1.82) is 0 Å². The molecule has 4 heterocycles. The molecule has 1 aliphatic carbocycles. The Morgan fingerprint density at radius 2 is 1.84 bits per heavy atom. The minimum atomic E-state index is -0.826. The number of carbonyl (C=O) groups excluding carboxylic acids is 1. The Bertz CT molecular complexity index is 1330. The summed E-state index contributed by atoms with van der Waals surface area (Å²) >= 11 is 12.4. The van der Waals surface area contributed by atoms with Crippen LogP contribution in [0.4, 0.5) is 5.69 Å². The lowest BCUT2D eigenvalue weighted by Crippen LogP contribution is -2.37. The molecule has 9 nitrogen and oxygen atoms in total. The molecule has 1 aliphatic rings. The first-order valence-electron chi connectivity index (χ1n) is 9.58. The number of aromatic nitrogens is 7. The first-order chi connectivity index (χ1) is 14.7. The summed E-state index contributed by atoms with van der Waals surface area (Å²) in [7, 11) is 0. The van der Waals surface area contributed by atoms with Crippen LogP contribution in [0.1, 0.15) is 38.4 Å². The van der Waals surface area contributed by atoms with Crippen LogP contribution in [0.5, 0.6) is 0 Å². The third-order valence-corrected chi connectivity index (χ3v) is 6.14. The Kier molecular flexibility index (Phi) is 4.32. The summed E-state index contributed by atoms with van der Waals surface area (Å²) in [5.74, 6) is 0.201. The average Bonchev–Trinajstić information content (AvgIpc) is 3.39. The first-order valence-corrected chi connectivity index (χ1v) is 10.3. The van der Waals surface area contributed by atoms with Gasteiger partial charge in [0.1, 0.15) is 0 Å². The molecule has 0 bridgehead atoms. The Balaban J connectivity index is 1.51. The Hall–Kier alpha value is -3.04. The number of anilines is 1. The van der Waals surface area contributed by atoms with E-state index in [2.05, 4.69) is 44.4 Å². The molecule has 158 valence electrons. The van der Waals surface area contributed by atoms with Crippen molar-refractivity contribution in [3.05, 3.63) is 58.4 Å². The largest absolute Gasteiger partial charge is 0.324 e. The topological polar surface area (TPSA) is 103 Å². The smallest absolute Gasteiger partial charge is 0.234 e. The van der Waals surface area contributed by atoms with Gasteiger partial charge in [0.2, 0.25) is 5.91 Å². The van der Waals surface area contributed by atoms with Gasteiger partial charge in [-0.15, -0.1) is 4.80 Å². The number of amides is 1. The molecule has 1 N–H and O–H groups in total. The highest BCUT2D eigenvalue weighted by atomic mass is 35.5. The van der Waals surface area contributed by atoms with E-state index in [4.69, 9.17) is 23.2 Å². The Morgan fingerprint density at radius 3 is 2.55 bits per heavy atom. The van der Waals surface area contributed by atoms with Crippen LogP contribution < -0.4 is 5.32 Å². The van der Waals surface area contributed by atoms with Gasteiger partial charge < -0.3 is 5.32 Å². The van der Waals surface area contributed by atoms with Gasteiger partial charge in [-0.05, 0) is 19.4 Å². The van der Waals surface area contributed by atoms with Crippen molar-refractivity contribution in [2.75, 3.05) is 5.32 Å². The molecule has 11 heteroatoms. The van der Waals surface area contributed by atoms with Gasteiger partial charge in [-0.1, -0.05) is 37.0 Å². The minimum Gasteiger partial charge on any atom is -0.324 e. The molecular formula is C20H18Cl2N8O. The molecule has 4 aromatic rings. The molecule has 0 aliphatic heterocycles. The van der Waals surface area contributed by atoms with Gasteiger partial charge in [0.15, 0.2) is 16.6 Å². The maximum atomic E-state index is 13.5. The highest BCUT2D eigenvalue weighted by molar-refractivity contribution is 6.32. The van der Waals surface area contributed by atoms with Gasteiger partial charge in [0.25, 0.3) is 0 Å². The molecule has 0 saturated carbocycles. The number of hydrogen-bond acceptors (Lipinski definition) is 6. The third kappa shape index (κ3) is 3.07. The van der Waals surface area contributed by atoms with Crippen LogP contribution in [0.3, 0.4) is 0 Å². The van der Waals surface area contributed by atoms with E-state index in [1.165, 1.54) is 23.4 Å². The number of nitrogens with zero attached hydrogens (tertiary/aromatic N) is 7. The van der Waals surface area contributed by atoms with Crippen LogP contribution in [0.15, 0.2) is 36.9 Å². The zero-order valence-electron chi connectivity index (χ0n) is 17.0. The second kappa shape index (κ2) is 6.73. The molecule has 4 aromatic heterocycles. The minimum absolute atomic E-state index is 0.179.